The summed E-state index contributed by atoms with van der Waals surface area (Å²) in [7, 11) is 0. The van der Waals surface area contributed by atoms with Gasteiger partial charge in [-0.05, 0) is 132 Å². The van der Waals surface area contributed by atoms with Gasteiger partial charge in [0.25, 0.3) is 0 Å². The van der Waals surface area contributed by atoms with Crippen LogP contribution in [-0.2, 0) is 0 Å². The van der Waals surface area contributed by atoms with Crippen LogP contribution in [0.1, 0.15) is 163 Å². The van der Waals surface area contributed by atoms with Crippen LogP contribution in [0.15, 0.2) is 121 Å². The van der Waals surface area contributed by atoms with Crippen LogP contribution in [-0.4, -0.2) is 25.2 Å². The first kappa shape index (κ1) is 51.6. The lowest BCUT2D eigenvalue weighted by atomic mass is 9.78. The highest BCUT2D eigenvalue weighted by Crippen LogP contribution is 2.46. The first-order chi connectivity index (χ1) is 33.4. The number of hydrogen-bond acceptors (Lipinski definition) is 6. The van der Waals surface area contributed by atoms with E-state index in [0.29, 0.717) is 47.0 Å². The van der Waals surface area contributed by atoms with Gasteiger partial charge >= 0.3 is 11.9 Å². The highest BCUT2D eigenvalue weighted by molar-refractivity contribution is 7.59. The Kier molecular flexibility index (Phi) is 19.9. The maximum absolute atomic E-state index is 14.0. The number of rotatable bonds is 23. The van der Waals surface area contributed by atoms with E-state index in [9.17, 15) is 9.59 Å². The number of carbonyl (C=O) groups is 2. The van der Waals surface area contributed by atoms with Gasteiger partial charge in [-0.3, -0.25) is 0 Å². The fourth-order valence-electron chi connectivity index (χ4n) is 11.0. The molecule has 0 unspecified atom stereocenters. The maximum Gasteiger partial charge on any atom is 0.343 e. The number of hydrogen-bond donors (Lipinski definition) is 0. The molecule has 0 aliphatic heterocycles. The molecule has 2 fully saturated rings. The van der Waals surface area contributed by atoms with E-state index in [1.54, 1.807) is 24.3 Å². The third kappa shape index (κ3) is 14.4. The summed E-state index contributed by atoms with van der Waals surface area (Å²) in [4.78, 5) is 27.9. The Balaban J connectivity index is 0.00000703. The zero-order valence-electron chi connectivity index (χ0n) is 41.4. The second kappa shape index (κ2) is 26.6. The molecule has 2 saturated carbocycles. The molecular formula is C62H76O6S. The summed E-state index contributed by atoms with van der Waals surface area (Å²) in [6, 6.07) is 38.0. The van der Waals surface area contributed by atoms with Gasteiger partial charge < -0.3 is 18.9 Å². The van der Waals surface area contributed by atoms with E-state index in [-0.39, 0.29) is 13.5 Å². The molecule has 0 bridgehead atoms. The number of esters is 2. The van der Waals surface area contributed by atoms with Crippen LogP contribution in [0.2, 0.25) is 0 Å². The second-order valence-electron chi connectivity index (χ2n) is 19.9. The topological polar surface area (TPSA) is 71.1 Å². The van der Waals surface area contributed by atoms with Crippen LogP contribution >= 0.6 is 13.5 Å². The van der Waals surface area contributed by atoms with E-state index in [2.05, 4.69) is 13.8 Å². The van der Waals surface area contributed by atoms with Crippen molar-refractivity contribution in [3.05, 3.63) is 132 Å². The summed E-state index contributed by atoms with van der Waals surface area (Å²) >= 11 is 0. The number of unbranched alkanes of at least 4 members (excludes halogenated alkanes) is 4. The fourth-order valence-corrected chi connectivity index (χ4v) is 11.0. The van der Waals surface area contributed by atoms with E-state index in [4.69, 9.17) is 18.9 Å². The van der Waals surface area contributed by atoms with Crippen LogP contribution in [0.3, 0.4) is 0 Å². The standard InChI is InChI=1S/C62H74O6.H2S/c1-3-5-7-15-45-23-27-47(28-24-45)17-13-43-65-53-37-31-51(32-38-53)61(63)67-57-41-35-49-19-9-11-21-55(49)59(57)60-56-22-12-10-20-50(56)36-42-58(60)68-62(64)52-33-39-54(40-34-52)66-44-14-18-48-29-25-46(26-30-48)16-8-6-4-2;/h9-12,19-22,31-42,45-48H,3-8,13-18,23-30,43-44H2,1-2H3;1H2. The van der Waals surface area contributed by atoms with Crippen LogP contribution in [0.4, 0.5) is 0 Å². The van der Waals surface area contributed by atoms with Crippen molar-refractivity contribution in [1.29, 1.82) is 0 Å². The second-order valence-corrected chi connectivity index (χ2v) is 19.9. The smallest absolute Gasteiger partial charge is 0.343 e. The Morgan fingerprint density at radius 2 is 0.768 bits per heavy atom. The Labute approximate surface area is 419 Å². The minimum absolute atomic E-state index is 0. The minimum Gasteiger partial charge on any atom is -0.494 e. The van der Waals surface area contributed by atoms with E-state index < -0.39 is 11.9 Å². The molecule has 0 N–H and O–H groups in total. The number of carbonyl (C=O) groups excluding carboxylic acids is 2. The predicted molar refractivity (Wildman–Crippen MR) is 289 cm³/mol. The molecule has 8 rings (SSSR count). The summed E-state index contributed by atoms with van der Waals surface area (Å²) in [5.74, 6) is 4.74. The molecule has 0 aromatic heterocycles. The third-order valence-corrected chi connectivity index (χ3v) is 15.0. The highest BCUT2D eigenvalue weighted by atomic mass is 32.1. The lowest BCUT2D eigenvalue weighted by Gasteiger charge is -2.28. The SMILES string of the molecule is CCCCCC1CCC(CCCOc2ccc(C(=O)Oc3ccc4ccccc4c3-c3c(OC(=O)c4ccc(OCCCC5CCC(CCCCC)CC5)cc4)ccc4ccccc34)cc2)CC1.S. The maximum atomic E-state index is 14.0. The van der Waals surface area contributed by atoms with Gasteiger partial charge in [-0.15, -0.1) is 0 Å². The van der Waals surface area contributed by atoms with Crippen molar-refractivity contribution < 1.29 is 28.5 Å². The average Bonchev–Trinajstić information content (AvgIpc) is 3.38. The molecule has 366 valence electrons. The minimum atomic E-state index is -0.486. The van der Waals surface area contributed by atoms with Gasteiger partial charge in [-0.2, -0.15) is 13.5 Å². The van der Waals surface area contributed by atoms with Crippen LogP contribution < -0.4 is 18.9 Å². The molecule has 6 aromatic carbocycles. The summed E-state index contributed by atoms with van der Waals surface area (Å²) in [5.41, 5.74) is 2.17. The molecule has 6 aromatic rings. The Bertz CT molecular complexity index is 2340. The Hall–Kier alpha value is -5.27. The quantitative estimate of drug-likeness (QED) is 0.0362. The third-order valence-electron chi connectivity index (χ3n) is 15.0. The van der Waals surface area contributed by atoms with Crippen molar-refractivity contribution in [3.8, 4) is 34.1 Å². The van der Waals surface area contributed by atoms with Gasteiger partial charge in [0.05, 0.1) is 24.3 Å². The zero-order valence-corrected chi connectivity index (χ0v) is 42.4. The monoisotopic (exact) mass is 949 g/mol. The Morgan fingerprint density at radius 3 is 1.13 bits per heavy atom. The lowest BCUT2D eigenvalue weighted by Crippen LogP contribution is -2.15. The molecule has 2 aliphatic rings. The average molecular weight is 949 g/mol. The molecule has 0 radical (unpaired) electrons. The normalized spacial score (nSPS) is 18.1. The number of fused-ring (bicyclic) bond motifs is 2. The molecule has 0 spiro atoms. The molecular weight excluding hydrogens is 873 g/mol. The zero-order chi connectivity index (χ0) is 46.9. The van der Waals surface area contributed by atoms with Gasteiger partial charge in [0.1, 0.15) is 23.0 Å². The van der Waals surface area contributed by atoms with Crippen LogP contribution in [0, 0.1) is 23.7 Å². The molecule has 0 atom stereocenters. The molecule has 6 nitrogen and oxygen atoms in total. The molecule has 0 heterocycles. The molecule has 2 aliphatic carbocycles. The van der Waals surface area contributed by atoms with Gasteiger partial charge in [-0.1, -0.05) is 177 Å². The molecule has 0 amide bonds. The van der Waals surface area contributed by atoms with Crippen molar-refractivity contribution >= 4 is 47.0 Å². The van der Waals surface area contributed by atoms with E-state index in [1.165, 1.54) is 116 Å². The van der Waals surface area contributed by atoms with E-state index in [1.807, 2.05) is 97.1 Å². The predicted octanol–water partition coefficient (Wildman–Crippen LogP) is 17.3. The number of benzene rings is 6. The number of ether oxygens (including phenoxy) is 4. The van der Waals surface area contributed by atoms with E-state index in [0.717, 1.165) is 69.6 Å². The first-order valence-corrected chi connectivity index (χ1v) is 26.4. The summed E-state index contributed by atoms with van der Waals surface area (Å²) in [6.07, 6.45) is 26.4. The first-order valence-electron chi connectivity index (χ1n) is 26.4. The van der Waals surface area contributed by atoms with Crippen LogP contribution in [0.25, 0.3) is 32.7 Å². The van der Waals surface area contributed by atoms with Gasteiger partial charge in [0, 0.05) is 11.1 Å². The Morgan fingerprint density at radius 1 is 0.420 bits per heavy atom. The molecule has 7 heteroatoms. The lowest BCUT2D eigenvalue weighted by molar-refractivity contribution is 0.0723. The van der Waals surface area contributed by atoms with Crippen molar-refractivity contribution in [1.82, 2.24) is 0 Å². The van der Waals surface area contributed by atoms with Crippen molar-refractivity contribution in [2.24, 2.45) is 23.7 Å². The van der Waals surface area contributed by atoms with Gasteiger partial charge in [0.2, 0.25) is 0 Å². The molecule has 0 saturated heterocycles. The summed E-state index contributed by atoms with van der Waals surface area (Å²) in [6.45, 7) is 5.90. The summed E-state index contributed by atoms with van der Waals surface area (Å²) < 4.78 is 24.9. The van der Waals surface area contributed by atoms with Crippen molar-refractivity contribution in [2.75, 3.05) is 13.2 Å². The highest BCUT2D eigenvalue weighted by Gasteiger charge is 2.25. The van der Waals surface area contributed by atoms with Crippen molar-refractivity contribution in [3.63, 3.8) is 0 Å². The summed E-state index contributed by atoms with van der Waals surface area (Å²) in [5, 5.41) is 3.66. The van der Waals surface area contributed by atoms with Crippen LogP contribution in [0.5, 0.6) is 23.0 Å². The molecule has 69 heavy (non-hydrogen) atoms. The van der Waals surface area contributed by atoms with E-state index >= 15 is 0 Å². The van der Waals surface area contributed by atoms with Gasteiger partial charge in [0.15, 0.2) is 0 Å². The fraction of sp³-hybridized carbons (Fsp3) is 0.452. The van der Waals surface area contributed by atoms with Gasteiger partial charge in [-0.25, -0.2) is 9.59 Å². The van der Waals surface area contributed by atoms with Crippen molar-refractivity contribution in [2.45, 2.75) is 142 Å². The largest absolute Gasteiger partial charge is 0.494 e.